The normalized spacial score (nSPS) is 10.4. The highest BCUT2D eigenvalue weighted by Gasteiger charge is 2.16. The summed E-state index contributed by atoms with van der Waals surface area (Å²) >= 11 is 5.51. The zero-order chi connectivity index (χ0) is 10.7. The molecule has 0 N–H and O–H groups in total. The molecule has 3 heteroatoms. The molecular weight excluding hydrogens is 198 g/mol. The van der Waals surface area contributed by atoms with Crippen LogP contribution in [0, 0.1) is 6.92 Å². The molecule has 0 bridgehead atoms. The third kappa shape index (κ3) is 2.48. The number of aryl methyl sites for hydroxylation is 1. The Kier molecular flexibility index (Phi) is 3.53. The summed E-state index contributed by atoms with van der Waals surface area (Å²) in [5, 5.41) is -0.439. The molecule has 0 radical (unpaired) electrons. The lowest BCUT2D eigenvalue weighted by Crippen LogP contribution is -2.32. The Hall–Kier alpha value is -1.02. The summed E-state index contributed by atoms with van der Waals surface area (Å²) in [7, 11) is 0. The molecule has 0 fully saturated rings. The Labute approximate surface area is 89.5 Å². The number of rotatable bonds is 2. The van der Waals surface area contributed by atoms with Crippen molar-refractivity contribution < 1.29 is 4.79 Å². The minimum Gasteiger partial charge on any atom is -0.296 e. The average Bonchev–Trinajstić information content (AvgIpc) is 2.02. The molecule has 2 nitrogen and oxygen atoms in total. The molecule has 14 heavy (non-hydrogen) atoms. The van der Waals surface area contributed by atoms with Crippen LogP contribution in [-0.4, -0.2) is 11.4 Å². The Balaban J connectivity index is 3.05. The Morgan fingerprint density at radius 1 is 1.43 bits per heavy atom. The number of carbonyl (C=O) groups is 1. The number of anilines is 1. The van der Waals surface area contributed by atoms with E-state index in [1.54, 1.807) is 4.90 Å². The minimum absolute atomic E-state index is 0.0711. The number of halogens is 1. The van der Waals surface area contributed by atoms with Crippen LogP contribution in [0.2, 0.25) is 0 Å². The predicted octanol–water partition coefficient (Wildman–Crippen LogP) is 3.57. The van der Waals surface area contributed by atoms with Crippen LogP contribution in [-0.2, 0) is 0 Å². The van der Waals surface area contributed by atoms with Gasteiger partial charge in [-0.2, -0.15) is 0 Å². The molecule has 0 saturated carbocycles. The molecule has 0 aromatic heterocycles. The van der Waals surface area contributed by atoms with Crippen molar-refractivity contribution in [2.75, 3.05) is 4.90 Å². The summed E-state index contributed by atoms with van der Waals surface area (Å²) in [4.78, 5) is 12.8. The average molecular weight is 212 g/mol. The Bertz CT molecular complexity index is 336. The summed E-state index contributed by atoms with van der Waals surface area (Å²) < 4.78 is 0. The summed E-state index contributed by atoms with van der Waals surface area (Å²) in [5.41, 5.74) is 1.96. The molecule has 1 aromatic rings. The van der Waals surface area contributed by atoms with E-state index in [1.165, 1.54) is 0 Å². The summed E-state index contributed by atoms with van der Waals surface area (Å²) in [6, 6.07) is 7.80. The van der Waals surface area contributed by atoms with E-state index in [0.717, 1.165) is 11.3 Å². The number of carbonyl (C=O) groups excluding carboxylic acids is 1. The molecule has 0 spiro atoms. The van der Waals surface area contributed by atoms with Crippen molar-refractivity contribution in [2.45, 2.75) is 26.8 Å². The van der Waals surface area contributed by atoms with E-state index < -0.39 is 5.37 Å². The number of hydrogen-bond donors (Lipinski definition) is 0. The van der Waals surface area contributed by atoms with Gasteiger partial charge in [-0.3, -0.25) is 9.69 Å². The first-order valence-corrected chi connectivity index (χ1v) is 4.95. The molecule has 0 atom stereocenters. The monoisotopic (exact) mass is 211 g/mol. The van der Waals surface area contributed by atoms with Crippen molar-refractivity contribution in [1.29, 1.82) is 0 Å². The fourth-order valence-corrected chi connectivity index (χ4v) is 1.67. The lowest BCUT2D eigenvalue weighted by Gasteiger charge is -2.24. The van der Waals surface area contributed by atoms with Gasteiger partial charge in [0.15, 0.2) is 0 Å². The van der Waals surface area contributed by atoms with Crippen molar-refractivity contribution >= 4 is 22.7 Å². The van der Waals surface area contributed by atoms with Gasteiger partial charge in [-0.1, -0.05) is 12.1 Å². The standard InChI is InChI=1S/C11H14ClNO/c1-8(2)13(11(12)14)10-6-4-5-9(3)7-10/h4-8H,1-3H3. The number of amides is 1. The minimum atomic E-state index is -0.439. The fourth-order valence-electron chi connectivity index (χ4n) is 1.38. The highest BCUT2D eigenvalue weighted by Crippen LogP contribution is 2.20. The fraction of sp³-hybridized carbons (Fsp3) is 0.364. The second kappa shape index (κ2) is 4.47. The Morgan fingerprint density at radius 2 is 2.07 bits per heavy atom. The van der Waals surface area contributed by atoms with E-state index in [0.29, 0.717) is 0 Å². The maximum atomic E-state index is 11.2. The summed E-state index contributed by atoms with van der Waals surface area (Å²) in [6.45, 7) is 5.85. The van der Waals surface area contributed by atoms with Crippen LogP contribution in [0.25, 0.3) is 0 Å². The second-order valence-corrected chi connectivity index (χ2v) is 3.88. The van der Waals surface area contributed by atoms with Gasteiger partial charge in [-0.25, -0.2) is 0 Å². The molecule has 1 rings (SSSR count). The van der Waals surface area contributed by atoms with Crippen molar-refractivity contribution in [1.82, 2.24) is 0 Å². The van der Waals surface area contributed by atoms with Crippen LogP contribution in [0.1, 0.15) is 19.4 Å². The van der Waals surface area contributed by atoms with Gasteiger partial charge in [0.05, 0.1) is 0 Å². The zero-order valence-electron chi connectivity index (χ0n) is 8.62. The lowest BCUT2D eigenvalue weighted by atomic mass is 10.2. The van der Waals surface area contributed by atoms with Gasteiger partial charge in [0.1, 0.15) is 0 Å². The van der Waals surface area contributed by atoms with E-state index >= 15 is 0 Å². The van der Waals surface area contributed by atoms with Gasteiger partial charge in [0.2, 0.25) is 0 Å². The quantitative estimate of drug-likeness (QED) is 0.541. The highest BCUT2D eigenvalue weighted by atomic mass is 35.5. The molecule has 0 aliphatic rings. The van der Waals surface area contributed by atoms with Crippen LogP contribution in [0.5, 0.6) is 0 Å². The van der Waals surface area contributed by atoms with Gasteiger partial charge < -0.3 is 0 Å². The van der Waals surface area contributed by atoms with Crippen molar-refractivity contribution in [3.63, 3.8) is 0 Å². The van der Waals surface area contributed by atoms with Gasteiger partial charge in [0.25, 0.3) is 0 Å². The van der Waals surface area contributed by atoms with Gasteiger partial charge >= 0.3 is 5.37 Å². The largest absolute Gasteiger partial charge is 0.321 e. The van der Waals surface area contributed by atoms with Crippen LogP contribution in [0.3, 0.4) is 0 Å². The number of hydrogen-bond acceptors (Lipinski definition) is 1. The van der Waals surface area contributed by atoms with Gasteiger partial charge in [0, 0.05) is 11.7 Å². The zero-order valence-corrected chi connectivity index (χ0v) is 9.38. The van der Waals surface area contributed by atoms with E-state index in [-0.39, 0.29) is 6.04 Å². The molecular formula is C11H14ClNO. The third-order valence-corrected chi connectivity index (χ3v) is 2.17. The maximum absolute atomic E-state index is 11.2. The molecule has 0 saturated heterocycles. The van der Waals surface area contributed by atoms with Gasteiger partial charge in [-0.15, -0.1) is 0 Å². The first kappa shape index (κ1) is 11.1. The lowest BCUT2D eigenvalue weighted by molar-refractivity contribution is 0.263. The third-order valence-electron chi connectivity index (χ3n) is 1.99. The summed E-state index contributed by atoms with van der Waals surface area (Å²) in [6.07, 6.45) is 0. The topological polar surface area (TPSA) is 20.3 Å². The number of nitrogens with zero attached hydrogens (tertiary/aromatic N) is 1. The van der Waals surface area contributed by atoms with Crippen molar-refractivity contribution in [2.24, 2.45) is 0 Å². The summed E-state index contributed by atoms with van der Waals surface area (Å²) in [5.74, 6) is 0. The SMILES string of the molecule is Cc1cccc(N(C(=O)Cl)C(C)C)c1. The van der Waals surface area contributed by atoms with E-state index in [1.807, 2.05) is 45.0 Å². The highest BCUT2D eigenvalue weighted by molar-refractivity contribution is 6.66. The van der Waals surface area contributed by atoms with Crippen LogP contribution >= 0.6 is 11.6 Å². The van der Waals surface area contributed by atoms with E-state index in [4.69, 9.17) is 11.6 Å². The van der Waals surface area contributed by atoms with Crippen molar-refractivity contribution in [3.8, 4) is 0 Å². The van der Waals surface area contributed by atoms with Crippen molar-refractivity contribution in [3.05, 3.63) is 29.8 Å². The molecule has 0 unspecified atom stereocenters. The molecule has 0 aliphatic heterocycles. The van der Waals surface area contributed by atoms with Crippen LogP contribution < -0.4 is 4.90 Å². The number of benzene rings is 1. The van der Waals surface area contributed by atoms with Crippen LogP contribution in [0.15, 0.2) is 24.3 Å². The van der Waals surface area contributed by atoms with Gasteiger partial charge in [-0.05, 0) is 50.1 Å². The molecule has 76 valence electrons. The van der Waals surface area contributed by atoms with Crippen LogP contribution in [0.4, 0.5) is 10.5 Å². The smallest absolute Gasteiger partial charge is 0.296 e. The maximum Gasteiger partial charge on any atom is 0.321 e. The van der Waals surface area contributed by atoms with E-state index in [9.17, 15) is 4.79 Å². The first-order valence-electron chi connectivity index (χ1n) is 4.57. The second-order valence-electron chi connectivity index (χ2n) is 3.56. The first-order chi connectivity index (χ1) is 6.52. The molecule has 0 heterocycles. The Morgan fingerprint density at radius 3 is 2.50 bits per heavy atom. The predicted molar refractivity (Wildman–Crippen MR) is 60.0 cm³/mol. The molecule has 1 amide bonds. The molecule has 1 aromatic carbocycles. The van der Waals surface area contributed by atoms with E-state index in [2.05, 4.69) is 0 Å². The molecule has 0 aliphatic carbocycles.